The van der Waals surface area contributed by atoms with Gasteiger partial charge in [-0.3, -0.25) is 14.6 Å². The molecule has 11 heteroatoms. The lowest BCUT2D eigenvalue weighted by molar-refractivity contribution is 0.0947. The predicted octanol–water partition coefficient (Wildman–Crippen LogP) is 1.53. The smallest absolute Gasteiger partial charge is 0.290 e. The first kappa shape index (κ1) is 21.7. The van der Waals surface area contributed by atoms with Crippen molar-refractivity contribution < 1.29 is 14.3 Å². The SMILES string of the molecule is CCCOc1ccc(/C=N\NC(=O)c2cc(C)nn2-c2nnc(C)c(=O)[nH]2)cc1OC. The normalized spacial score (nSPS) is 11.0. The Morgan fingerprint density at radius 2 is 2.06 bits per heavy atom. The molecule has 1 amide bonds. The van der Waals surface area contributed by atoms with Crippen molar-refractivity contribution in [2.24, 2.45) is 5.10 Å². The van der Waals surface area contributed by atoms with Crippen LogP contribution in [0, 0.1) is 13.8 Å². The van der Waals surface area contributed by atoms with Gasteiger partial charge in [-0.15, -0.1) is 10.2 Å². The first-order valence-electron chi connectivity index (χ1n) is 9.57. The fourth-order valence-electron chi connectivity index (χ4n) is 2.62. The number of benzene rings is 1. The zero-order chi connectivity index (χ0) is 22.4. The van der Waals surface area contributed by atoms with Crippen LogP contribution in [0.4, 0.5) is 0 Å². The van der Waals surface area contributed by atoms with E-state index in [0.717, 1.165) is 6.42 Å². The van der Waals surface area contributed by atoms with Crippen molar-refractivity contribution in [1.82, 2.24) is 30.4 Å². The first-order valence-corrected chi connectivity index (χ1v) is 9.57. The molecular formula is C20H23N7O4. The maximum Gasteiger partial charge on any atom is 0.290 e. The number of hydrazone groups is 1. The van der Waals surface area contributed by atoms with Crippen molar-refractivity contribution in [3.63, 3.8) is 0 Å². The Hall–Kier alpha value is -4.02. The van der Waals surface area contributed by atoms with Crippen LogP contribution in [0.3, 0.4) is 0 Å². The van der Waals surface area contributed by atoms with Gasteiger partial charge in [0.15, 0.2) is 11.5 Å². The van der Waals surface area contributed by atoms with Crippen molar-refractivity contribution >= 4 is 12.1 Å². The van der Waals surface area contributed by atoms with Gasteiger partial charge in [0, 0.05) is 0 Å². The summed E-state index contributed by atoms with van der Waals surface area (Å²) >= 11 is 0. The van der Waals surface area contributed by atoms with Crippen molar-refractivity contribution in [3.8, 4) is 17.4 Å². The van der Waals surface area contributed by atoms with Crippen LogP contribution in [0.25, 0.3) is 5.95 Å². The Bertz CT molecular complexity index is 1170. The Kier molecular flexibility index (Phi) is 6.75. The number of carbonyl (C=O) groups is 1. The molecule has 162 valence electrons. The van der Waals surface area contributed by atoms with E-state index in [4.69, 9.17) is 9.47 Å². The van der Waals surface area contributed by atoms with Crippen LogP contribution < -0.4 is 20.5 Å². The van der Waals surface area contributed by atoms with Gasteiger partial charge in [-0.1, -0.05) is 6.92 Å². The van der Waals surface area contributed by atoms with Crippen LogP contribution in [-0.2, 0) is 0 Å². The molecular weight excluding hydrogens is 402 g/mol. The van der Waals surface area contributed by atoms with Gasteiger partial charge in [0.2, 0.25) is 0 Å². The molecule has 0 saturated carbocycles. The van der Waals surface area contributed by atoms with E-state index in [2.05, 4.69) is 30.8 Å². The van der Waals surface area contributed by atoms with Crippen LogP contribution in [0.5, 0.6) is 11.5 Å². The lowest BCUT2D eigenvalue weighted by Gasteiger charge is -2.10. The van der Waals surface area contributed by atoms with Gasteiger partial charge in [-0.25, -0.2) is 5.43 Å². The molecule has 0 radical (unpaired) electrons. The van der Waals surface area contributed by atoms with Gasteiger partial charge >= 0.3 is 0 Å². The molecule has 0 atom stereocenters. The molecule has 0 aliphatic rings. The Balaban J connectivity index is 1.76. The molecule has 3 rings (SSSR count). The third kappa shape index (κ3) is 5.13. The molecule has 0 saturated heterocycles. The average Bonchev–Trinajstić information content (AvgIpc) is 3.16. The summed E-state index contributed by atoms with van der Waals surface area (Å²) in [5, 5.41) is 15.9. The number of nitrogens with zero attached hydrogens (tertiary/aromatic N) is 5. The number of methoxy groups -OCH3 is 1. The standard InChI is InChI=1S/C20H23N7O4/c1-5-8-31-16-7-6-14(10-17(16)30-4)11-21-24-19(29)15-9-12(2)26-27(15)20-22-18(28)13(3)23-25-20/h6-7,9-11H,5,8H2,1-4H3,(H,24,29)(H,22,25,28)/b21-11-. The van der Waals surface area contributed by atoms with E-state index in [1.54, 1.807) is 38.3 Å². The second-order valence-corrected chi connectivity index (χ2v) is 6.60. The van der Waals surface area contributed by atoms with Crippen LogP contribution in [0.1, 0.15) is 40.8 Å². The van der Waals surface area contributed by atoms with Crippen LogP contribution >= 0.6 is 0 Å². The van der Waals surface area contributed by atoms with Gasteiger partial charge < -0.3 is 9.47 Å². The summed E-state index contributed by atoms with van der Waals surface area (Å²) in [6, 6.07) is 6.88. The first-order chi connectivity index (χ1) is 14.9. The number of amides is 1. The number of hydrogen-bond donors (Lipinski definition) is 2. The lowest BCUT2D eigenvalue weighted by atomic mass is 10.2. The monoisotopic (exact) mass is 425 g/mol. The minimum absolute atomic E-state index is 0.0326. The molecule has 2 aromatic heterocycles. The largest absolute Gasteiger partial charge is 0.493 e. The van der Waals surface area contributed by atoms with Crippen molar-refractivity contribution in [3.05, 3.63) is 57.3 Å². The summed E-state index contributed by atoms with van der Waals surface area (Å²) < 4.78 is 12.2. The van der Waals surface area contributed by atoms with Gasteiger partial charge in [-0.2, -0.15) is 14.9 Å². The van der Waals surface area contributed by atoms with Gasteiger partial charge in [0.1, 0.15) is 11.4 Å². The van der Waals surface area contributed by atoms with Gasteiger partial charge in [-0.05, 0) is 50.1 Å². The minimum Gasteiger partial charge on any atom is -0.493 e. The fourth-order valence-corrected chi connectivity index (χ4v) is 2.62. The van der Waals surface area contributed by atoms with Crippen LogP contribution in [0.15, 0.2) is 34.2 Å². The van der Waals surface area contributed by atoms with Crippen molar-refractivity contribution in [2.45, 2.75) is 27.2 Å². The number of aryl methyl sites for hydroxylation is 2. The summed E-state index contributed by atoms with van der Waals surface area (Å²) in [6.45, 7) is 5.85. The van der Waals surface area contributed by atoms with E-state index in [1.165, 1.54) is 17.8 Å². The molecule has 31 heavy (non-hydrogen) atoms. The highest BCUT2D eigenvalue weighted by molar-refractivity contribution is 5.94. The molecule has 0 bridgehead atoms. The maximum atomic E-state index is 12.6. The number of aromatic amines is 1. The quantitative estimate of drug-likeness (QED) is 0.412. The number of aromatic nitrogens is 5. The summed E-state index contributed by atoms with van der Waals surface area (Å²) in [7, 11) is 1.55. The minimum atomic E-state index is -0.532. The summed E-state index contributed by atoms with van der Waals surface area (Å²) in [5.74, 6) is 0.706. The van der Waals surface area contributed by atoms with Crippen LogP contribution in [-0.4, -0.2) is 50.8 Å². The van der Waals surface area contributed by atoms with E-state index in [-0.39, 0.29) is 17.3 Å². The molecule has 11 nitrogen and oxygen atoms in total. The number of H-pyrrole nitrogens is 1. The summed E-state index contributed by atoms with van der Waals surface area (Å²) in [6.07, 6.45) is 2.36. The van der Waals surface area contributed by atoms with E-state index in [9.17, 15) is 9.59 Å². The lowest BCUT2D eigenvalue weighted by Crippen LogP contribution is -2.24. The number of hydrogen-bond acceptors (Lipinski definition) is 8. The third-order valence-corrected chi connectivity index (χ3v) is 4.14. The number of carbonyl (C=O) groups excluding carboxylic acids is 1. The fraction of sp³-hybridized carbons (Fsp3) is 0.300. The number of ether oxygens (including phenoxy) is 2. The number of rotatable bonds is 8. The second-order valence-electron chi connectivity index (χ2n) is 6.60. The molecule has 0 spiro atoms. The maximum absolute atomic E-state index is 12.6. The Morgan fingerprint density at radius 1 is 1.26 bits per heavy atom. The van der Waals surface area contributed by atoms with Crippen molar-refractivity contribution in [2.75, 3.05) is 13.7 Å². The molecule has 3 aromatic rings. The zero-order valence-electron chi connectivity index (χ0n) is 17.7. The molecule has 2 heterocycles. The Morgan fingerprint density at radius 3 is 2.77 bits per heavy atom. The number of nitrogens with one attached hydrogen (secondary N) is 2. The molecule has 0 unspecified atom stereocenters. The average molecular weight is 425 g/mol. The molecule has 1 aromatic carbocycles. The van der Waals surface area contributed by atoms with E-state index < -0.39 is 11.5 Å². The molecule has 0 fully saturated rings. The summed E-state index contributed by atoms with van der Waals surface area (Å²) in [5.41, 5.74) is 3.65. The van der Waals surface area contributed by atoms with Crippen LogP contribution in [0.2, 0.25) is 0 Å². The summed E-state index contributed by atoms with van der Waals surface area (Å²) in [4.78, 5) is 27.0. The molecule has 0 aliphatic heterocycles. The third-order valence-electron chi connectivity index (χ3n) is 4.14. The zero-order valence-corrected chi connectivity index (χ0v) is 17.7. The van der Waals surface area contributed by atoms with E-state index >= 15 is 0 Å². The predicted molar refractivity (Wildman–Crippen MR) is 113 cm³/mol. The van der Waals surface area contributed by atoms with Gasteiger partial charge in [0.25, 0.3) is 17.4 Å². The highest BCUT2D eigenvalue weighted by Gasteiger charge is 2.17. The Labute approximate surface area is 178 Å². The molecule has 2 N–H and O–H groups in total. The topological polar surface area (TPSA) is 136 Å². The van der Waals surface area contributed by atoms with Crippen molar-refractivity contribution in [1.29, 1.82) is 0 Å². The van der Waals surface area contributed by atoms with Gasteiger partial charge in [0.05, 0.1) is 25.6 Å². The van der Waals surface area contributed by atoms with E-state index in [1.807, 2.05) is 6.92 Å². The highest BCUT2D eigenvalue weighted by atomic mass is 16.5. The molecule has 0 aliphatic carbocycles. The highest BCUT2D eigenvalue weighted by Crippen LogP contribution is 2.27. The second kappa shape index (κ2) is 9.65. The van der Waals surface area contributed by atoms with E-state index in [0.29, 0.717) is 29.4 Å².